The molecule has 0 aliphatic heterocycles. The van der Waals surface area contributed by atoms with Gasteiger partial charge in [0.05, 0.1) is 23.6 Å². The zero-order valence-corrected chi connectivity index (χ0v) is 16.8. The fourth-order valence-electron chi connectivity index (χ4n) is 3.52. The minimum Gasteiger partial charge on any atom is -0.490 e. The van der Waals surface area contributed by atoms with Gasteiger partial charge >= 0.3 is 6.15 Å². The van der Waals surface area contributed by atoms with Crippen LogP contribution in [0.2, 0.25) is 0 Å². The summed E-state index contributed by atoms with van der Waals surface area (Å²) in [6.45, 7) is 2.39. The van der Waals surface area contributed by atoms with Crippen molar-refractivity contribution < 1.29 is 23.9 Å². The van der Waals surface area contributed by atoms with Crippen molar-refractivity contribution in [1.82, 2.24) is 10.3 Å². The first-order valence-electron chi connectivity index (χ1n) is 9.58. The van der Waals surface area contributed by atoms with Crippen LogP contribution in [0.15, 0.2) is 24.3 Å². The number of carbonyl (C=O) groups excluding carboxylic acids is 3. The molecular weight excluding hydrogens is 374 g/mol. The number of hydrogen-bond donors (Lipinski definition) is 2. The first-order valence-corrected chi connectivity index (χ1v) is 9.58. The van der Waals surface area contributed by atoms with Gasteiger partial charge in [0, 0.05) is 31.0 Å². The van der Waals surface area contributed by atoms with E-state index in [1.165, 1.54) is 0 Å². The van der Waals surface area contributed by atoms with Crippen LogP contribution in [0.3, 0.4) is 0 Å². The van der Waals surface area contributed by atoms with E-state index in [4.69, 9.17) is 24.8 Å². The molecule has 1 aromatic heterocycles. The maximum atomic E-state index is 11.8. The fraction of sp³-hybridized carbons (Fsp3) is 0.476. The summed E-state index contributed by atoms with van der Waals surface area (Å²) in [6, 6.07) is 7.96. The van der Waals surface area contributed by atoms with Crippen molar-refractivity contribution in [3.63, 3.8) is 0 Å². The number of nitrogens with zero attached hydrogens (tertiary/aromatic N) is 1. The summed E-state index contributed by atoms with van der Waals surface area (Å²) in [5.74, 6) is 0.847. The van der Waals surface area contributed by atoms with Gasteiger partial charge in [-0.3, -0.25) is 9.78 Å². The number of aromatic nitrogens is 1. The van der Waals surface area contributed by atoms with Crippen molar-refractivity contribution in [3.05, 3.63) is 30.0 Å². The minimum absolute atomic E-state index is 0.0551. The van der Waals surface area contributed by atoms with Gasteiger partial charge < -0.3 is 20.5 Å². The van der Waals surface area contributed by atoms with Crippen LogP contribution in [0, 0.1) is 6.92 Å². The molecule has 1 fully saturated rings. The number of nitrogens with two attached hydrogens (primary N) is 1. The largest absolute Gasteiger partial charge is 0.490 e. The van der Waals surface area contributed by atoms with Gasteiger partial charge in [0.2, 0.25) is 5.91 Å². The second-order valence-electron chi connectivity index (χ2n) is 6.99. The summed E-state index contributed by atoms with van der Waals surface area (Å²) in [5, 5.41) is 3.96. The Morgan fingerprint density at radius 3 is 2.62 bits per heavy atom. The first kappa shape index (κ1) is 22.3. The normalized spacial score (nSPS) is 18.3. The summed E-state index contributed by atoms with van der Waals surface area (Å²) < 4.78 is 11.2. The summed E-state index contributed by atoms with van der Waals surface area (Å²) in [4.78, 5) is 32.6. The van der Waals surface area contributed by atoms with Crippen LogP contribution in [0.5, 0.6) is 5.75 Å². The number of carbonyl (C=O) groups is 1. The van der Waals surface area contributed by atoms with Crippen LogP contribution < -0.4 is 15.8 Å². The third-order valence-electron chi connectivity index (χ3n) is 4.82. The Kier molecular flexibility index (Phi) is 8.58. The molecule has 1 saturated carbocycles. The lowest BCUT2D eigenvalue weighted by Crippen LogP contribution is -2.40. The molecule has 0 radical (unpaired) electrons. The van der Waals surface area contributed by atoms with Gasteiger partial charge in [0.1, 0.15) is 5.75 Å². The fourth-order valence-corrected chi connectivity index (χ4v) is 3.52. The van der Waals surface area contributed by atoms with Gasteiger partial charge in [-0.2, -0.15) is 9.59 Å². The number of benzene rings is 1. The third-order valence-corrected chi connectivity index (χ3v) is 4.82. The predicted molar refractivity (Wildman–Crippen MR) is 107 cm³/mol. The highest BCUT2D eigenvalue weighted by atomic mass is 16.5. The summed E-state index contributed by atoms with van der Waals surface area (Å²) in [7, 11) is 1.60. The lowest BCUT2D eigenvalue weighted by atomic mass is 9.92. The molecule has 1 amide bonds. The van der Waals surface area contributed by atoms with Crippen molar-refractivity contribution in [2.45, 2.75) is 51.2 Å². The van der Waals surface area contributed by atoms with E-state index in [0.717, 1.165) is 48.0 Å². The van der Waals surface area contributed by atoms with Crippen LogP contribution in [0.25, 0.3) is 10.9 Å². The number of amides is 1. The second-order valence-corrected chi connectivity index (χ2v) is 6.99. The Hall–Kier alpha value is -2.96. The lowest BCUT2D eigenvalue weighted by molar-refractivity contribution is -0.191. The van der Waals surface area contributed by atoms with E-state index in [-0.39, 0.29) is 24.2 Å². The van der Waals surface area contributed by atoms with Gasteiger partial charge in [-0.05, 0) is 50.8 Å². The van der Waals surface area contributed by atoms with Crippen molar-refractivity contribution in [2.75, 3.05) is 19.5 Å². The molecule has 8 nitrogen and oxygen atoms in total. The maximum absolute atomic E-state index is 11.8. The molecule has 0 saturated heterocycles. The van der Waals surface area contributed by atoms with Gasteiger partial charge in [0.15, 0.2) is 0 Å². The smallest absolute Gasteiger partial charge is 0.373 e. The highest BCUT2D eigenvalue weighted by Crippen LogP contribution is 2.33. The quantitative estimate of drug-likeness (QED) is 0.762. The van der Waals surface area contributed by atoms with Crippen LogP contribution in [0.1, 0.15) is 37.8 Å². The number of nitrogens with one attached hydrogen (secondary N) is 1. The number of anilines is 1. The predicted octanol–water partition coefficient (Wildman–Crippen LogP) is 2.38. The highest BCUT2D eigenvalue weighted by molar-refractivity contribution is 5.95. The Bertz CT molecular complexity index is 857. The zero-order valence-electron chi connectivity index (χ0n) is 16.8. The van der Waals surface area contributed by atoms with E-state index in [0.29, 0.717) is 18.7 Å². The SMILES string of the molecule is COCCC(=O)NC1CCC(Oc2cccc3nc(C)cc(N)c23)CC1.O=C=O. The Morgan fingerprint density at radius 2 is 1.97 bits per heavy atom. The van der Waals surface area contributed by atoms with E-state index < -0.39 is 0 Å². The number of pyridine rings is 1. The molecule has 2 aromatic rings. The second kappa shape index (κ2) is 11.1. The van der Waals surface area contributed by atoms with Crippen LogP contribution in [-0.4, -0.2) is 42.9 Å². The van der Waals surface area contributed by atoms with Crippen LogP contribution in [0.4, 0.5) is 5.69 Å². The van der Waals surface area contributed by atoms with E-state index in [1.807, 2.05) is 31.2 Å². The molecule has 8 heteroatoms. The molecule has 156 valence electrons. The molecule has 1 heterocycles. The van der Waals surface area contributed by atoms with Gasteiger partial charge in [-0.1, -0.05) is 6.07 Å². The molecule has 0 bridgehead atoms. The maximum Gasteiger partial charge on any atom is 0.373 e. The summed E-state index contributed by atoms with van der Waals surface area (Å²) in [5.41, 5.74) is 8.66. The van der Waals surface area contributed by atoms with E-state index in [1.54, 1.807) is 7.11 Å². The number of methoxy groups -OCH3 is 1. The number of hydrogen-bond acceptors (Lipinski definition) is 7. The van der Waals surface area contributed by atoms with Gasteiger partial charge in [0.25, 0.3) is 0 Å². The van der Waals surface area contributed by atoms with Crippen molar-refractivity contribution in [3.8, 4) is 5.75 Å². The Morgan fingerprint density at radius 1 is 1.28 bits per heavy atom. The topological polar surface area (TPSA) is 121 Å². The molecule has 0 atom stereocenters. The highest BCUT2D eigenvalue weighted by Gasteiger charge is 2.24. The van der Waals surface area contributed by atoms with Gasteiger partial charge in [-0.25, -0.2) is 0 Å². The van der Waals surface area contributed by atoms with E-state index in [2.05, 4.69) is 10.3 Å². The molecule has 3 N–H and O–H groups in total. The molecule has 0 spiro atoms. The van der Waals surface area contributed by atoms with Crippen LogP contribution >= 0.6 is 0 Å². The number of rotatable bonds is 6. The number of nitrogen functional groups attached to an aromatic ring is 1. The molecule has 1 aliphatic rings. The standard InChI is InChI=1S/C20H27N3O3.CO2/c1-13-12-16(21)20-17(22-13)4-3-5-18(20)26-15-8-6-14(7-9-15)23-19(24)10-11-25-2;2-1-3/h3-5,12,14-15H,6-11H2,1-2H3,(H2,21,22)(H,23,24);. The van der Waals surface area contributed by atoms with Crippen LogP contribution in [-0.2, 0) is 19.1 Å². The number of aryl methyl sites for hydroxylation is 1. The monoisotopic (exact) mass is 401 g/mol. The van der Waals surface area contributed by atoms with Crippen molar-refractivity contribution >= 4 is 28.6 Å². The molecule has 3 rings (SSSR count). The number of ether oxygens (including phenoxy) is 2. The lowest BCUT2D eigenvalue weighted by Gasteiger charge is -2.30. The average Bonchev–Trinajstić information content (AvgIpc) is 2.68. The Balaban J connectivity index is 0.000000941. The molecule has 0 unspecified atom stereocenters. The molecule has 29 heavy (non-hydrogen) atoms. The molecule has 1 aliphatic carbocycles. The zero-order chi connectivity index (χ0) is 21.2. The summed E-state index contributed by atoms with van der Waals surface area (Å²) >= 11 is 0. The van der Waals surface area contributed by atoms with Crippen molar-refractivity contribution in [2.24, 2.45) is 0 Å². The summed E-state index contributed by atoms with van der Waals surface area (Å²) in [6.07, 6.45) is 4.44. The third kappa shape index (κ3) is 6.55. The first-order chi connectivity index (χ1) is 14.0. The minimum atomic E-state index is 0.0551. The van der Waals surface area contributed by atoms with E-state index >= 15 is 0 Å². The van der Waals surface area contributed by atoms with E-state index in [9.17, 15) is 4.79 Å². The average molecular weight is 401 g/mol. The molecular formula is C21H27N3O5. The van der Waals surface area contributed by atoms with Crippen molar-refractivity contribution in [1.29, 1.82) is 0 Å². The Labute approximate surface area is 169 Å². The van der Waals surface area contributed by atoms with Gasteiger partial charge in [-0.15, -0.1) is 0 Å². The molecule has 1 aromatic carbocycles. The number of fused-ring (bicyclic) bond motifs is 1.